The Hall–Kier alpha value is -1.77. The Balaban J connectivity index is 2.29. The van der Waals surface area contributed by atoms with Crippen molar-refractivity contribution in [2.75, 3.05) is 0 Å². The molecule has 0 amide bonds. The lowest BCUT2D eigenvalue weighted by Crippen LogP contribution is -2.56. The fourth-order valence-electron chi connectivity index (χ4n) is 3.28. The minimum Gasteiger partial charge on any atom is -0.295 e. The minimum absolute atomic E-state index is 0.0507. The Morgan fingerprint density at radius 3 is 2.41 bits per heavy atom. The van der Waals surface area contributed by atoms with Crippen molar-refractivity contribution in [2.24, 2.45) is 10.8 Å². The highest BCUT2D eigenvalue weighted by molar-refractivity contribution is 6.12. The Labute approximate surface area is 98.9 Å². The Kier molecular flexibility index (Phi) is 1.91. The summed E-state index contributed by atoms with van der Waals surface area (Å²) in [7, 11) is 0. The third kappa shape index (κ3) is 1.09. The van der Waals surface area contributed by atoms with Crippen LogP contribution < -0.4 is 0 Å². The molecule has 0 aromatic heterocycles. The van der Waals surface area contributed by atoms with Crippen LogP contribution in [0.25, 0.3) is 0 Å². The molecule has 0 N–H and O–H groups in total. The van der Waals surface area contributed by atoms with E-state index in [4.69, 9.17) is 0 Å². The normalized spacial score (nSPS) is 39.2. The van der Waals surface area contributed by atoms with Crippen LogP contribution in [-0.4, -0.2) is 17.3 Å². The summed E-state index contributed by atoms with van der Waals surface area (Å²) >= 11 is 0. The number of carbonyl (C=O) groups excluding carboxylic acids is 3. The molecule has 0 saturated carbocycles. The maximum Gasteiger partial charge on any atom is 0.166 e. The minimum atomic E-state index is -0.848. The van der Waals surface area contributed by atoms with Crippen LogP contribution in [0, 0.1) is 10.8 Å². The number of hydrogen-bond donors (Lipinski definition) is 0. The lowest BCUT2D eigenvalue weighted by atomic mass is 9.49. The second-order valence-corrected chi connectivity index (χ2v) is 4.97. The van der Waals surface area contributed by atoms with Gasteiger partial charge in [0.05, 0.1) is 10.8 Å². The highest BCUT2D eigenvalue weighted by atomic mass is 16.1. The van der Waals surface area contributed by atoms with E-state index in [2.05, 4.69) is 0 Å². The van der Waals surface area contributed by atoms with Gasteiger partial charge in [-0.15, -0.1) is 0 Å². The Bertz CT molecular complexity index is 524. The van der Waals surface area contributed by atoms with E-state index in [1.165, 1.54) is 12.2 Å². The molecule has 0 aliphatic heterocycles. The molecule has 86 valence electrons. The standard InChI is InChI=1S/C14H12O3/c15-10-5-8-13-6-1-4-12(17)14(13,9-10)7-2-3-11(13)16/h1-5,8H,6-7,9H2/t13-,14-/m0/s1. The number of ketones is 3. The van der Waals surface area contributed by atoms with E-state index in [0.717, 1.165) is 0 Å². The van der Waals surface area contributed by atoms with Gasteiger partial charge in [-0.1, -0.05) is 18.2 Å². The molecule has 0 aromatic rings. The summed E-state index contributed by atoms with van der Waals surface area (Å²) in [5.41, 5.74) is -1.65. The summed E-state index contributed by atoms with van der Waals surface area (Å²) in [6.45, 7) is 0. The fraction of sp³-hybridized carbons (Fsp3) is 0.357. The van der Waals surface area contributed by atoms with Crippen molar-refractivity contribution in [3.63, 3.8) is 0 Å². The molecule has 17 heavy (non-hydrogen) atoms. The maximum absolute atomic E-state index is 12.2. The zero-order valence-electron chi connectivity index (χ0n) is 9.31. The van der Waals surface area contributed by atoms with Crippen LogP contribution in [0.1, 0.15) is 19.3 Å². The van der Waals surface area contributed by atoms with Crippen LogP contribution in [0.4, 0.5) is 0 Å². The lowest BCUT2D eigenvalue weighted by Gasteiger charge is -2.50. The molecule has 3 aliphatic rings. The van der Waals surface area contributed by atoms with Crippen molar-refractivity contribution in [2.45, 2.75) is 19.3 Å². The van der Waals surface area contributed by atoms with Gasteiger partial charge in [0.2, 0.25) is 0 Å². The van der Waals surface area contributed by atoms with Gasteiger partial charge in [-0.3, -0.25) is 14.4 Å². The summed E-state index contributed by atoms with van der Waals surface area (Å²) < 4.78 is 0. The van der Waals surface area contributed by atoms with E-state index < -0.39 is 10.8 Å². The highest BCUT2D eigenvalue weighted by Gasteiger charge is 2.60. The molecule has 3 rings (SSSR count). The van der Waals surface area contributed by atoms with Gasteiger partial charge < -0.3 is 0 Å². The number of carbonyl (C=O) groups is 3. The maximum atomic E-state index is 12.2. The van der Waals surface area contributed by atoms with Crippen molar-refractivity contribution < 1.29 is 14.4 Å². The van der Waals surface area contributed by atoms with Gasteiger partial charge in [0.25, 0.3) is 0 Å². The molecule has 0 spiro atoms. The first-order valence-electron chi connectivity index (χ1n) is 5.75. The third-order valence-corrected chi connectivity index (χ3v) is 4.24. The van der Waals surface area contributed by atoms with E-state index in [-0.39, 0.29) is 23.8 Å². The van der Waals surface area contributed by atoms with Crippen LogP contribution in [0.3, 0.4) is 0 Å². The van der Waals surface area contributed by atoms with Crippen molar-refractivity contribution in [3.05, 3.63) is 36.5 Å². The predicted molar refractivity (Wildman–Crippen MR) is 61.2 cm³/mol. The van der Waals surface area contributed by atoms with Gasteiger partial charge in [-0.05, 0) is 31.1 Å². The van der Waals surface area contributed by atoms with Gasteiger partial charge in [0.1, 0.15) is 0 Å². The molecule has 3 nitrogen and oxygen atoms in total. The molecular formula is C14H12O3. The van der Waals surface area contributed by atoms with Crippen molar-refractivity contribution in [1.29, 1.82) is 0 Å². The predicted octanol–water partition coefficient (Wildman–Crippen LogP) is 1.55. The van der Waals surface area contributed by atoms with Crippen molar-refractivity contribution in [1.82, 2.24) is 0 Å². The molecule has 2 atom stereocenters. The second kappa shape index (κ2) is 3.13. The van der Waals surface area contributed by atoms with Gasteiger partial charge >= 0.3 is 0 Å². The van der Waals surface area contributed by atoms with Gasteiger partial charge in [0.15, 0.2) is 17.3 Å². The van der Waals surface area contributed by atoms with E-state index in [9.17, 15) is 14.4 Å². The molecule has 0 bridgehead atoms. The van der Waals surface area contributed by atoms with Crippen molar-refractivity contribution >= 4 is 17.3 Å². The molecule has 0 unspecified atom stereocenters. The zero-order valence-corrected chi connectivity index (χ0v) is 9.31. The summed E-state index contributed by atoms with van der Waals surface area (Å²) in [5.74, 6) is -0.197. The highest BCUT2D eigenvalue weighted by Crippen LogP contribution is 2.56. The molecule has 0 saturated heterocycles. The zero-order chi connectivity index (χ0) is 12.1. The summed E-state index contributed by atoms with van der Waals surface area (Å²) in [5, 5.41) is 0. The molecule has 0 heterocycles. The molecule has 0 fully saturated rings. The number of rotatable bonds is 0. The SMILES string of the molecule is O=C1C=C[C@]23CC=CC(=O)[C@]2(CC=CC3=O)C1. The summed E-state index contributed by atoms with van der Waals surface area (Å²) in [6.07, 6.45) is 10.8. The first-order chi connectivity index (χ1) is 8.11. The van der Waals surface area contributed by atoms with Crippen LogP contribution in [0.5, 0.6) is 0 Å². The van der Waals surface area contributed by atoms with Gasteiger partial charge in [-0.2, -0.15) is 0 Å². The van der Waals surface area contributed by atoms with Crippen LogP contribution in [-0.2, 0) is 14.4 Å². The first-order valence-corrected chi connectivity index (χ1v) is 5.75. The van der Waals surface area contributed by atoms with E-state index in [1.807, 2.05) is 0 Å². The van der Waals surface area contributed by atoms with Gasteiger partial charge in [-0.25, -0.2) is 0 Å². The molecular weight excluding hydrogens is 216 g/mol. The summed E-state index contributed by atoms with van der Waals surface area (Å²) in [4.78, 5) is 36.0. The van der Waals surface area contributed by atoms with Crippen molar-refractivity contribution in [3.8, 4) is 0 Å². The van der Waals surface area contributed by atoms with Crippen LogP contribution in [0.15, 0.2) is 36.5 Å². The summed E-state index contributed by atoms with van der Waals surface area (Å²) in [6, 6.07) is 0. The first kappa shape index (κ1) is 10.4. The Morgan fingerprint density at radius 2 is 1.59 bits per heavy atom. The largest absolute Gasteiger partial charge is 0.295 e. The van der Waals surface area contributed by atoms with Crippen LogP contribution in [0.2, 0.25) is 0 Å². The smallest absolute Gasteiger partial charge is 0.166 e. The van der Waals surface area contributed by atoms with Gasteiger partial charge in [0, 0.05) is 6.42 Å². The third-order valence-electron chi connectivity index (χ3n) is 4.24. The second-order valence-electron chi connectivity index (χ2n) is 4.97. The monoisotopic (exact) mass is 228 g/mol. The fourth-order valence-corrected chi connectivity index (χ4v) is 3.28. The molecule has 0 radical (unpaired) electrons. The van der Waals surface area contributed by atoms with E-state index in [1.54, 1.807) is 24.3 Å². The van der Waals surface area contributed by atoms with E-state index >= 15 is 0 Å². The van der Waals surface area contributed by atoms with Crippen LogP contribution >= 0.6 is 0 Å². The molecule has 3 heteroatoms. The lowest BCUT2D eigenvalue weighted by molar-refractivity contribution is -0.146. The average Bonchev–Trinajstić information content (AvgIpc) is 2.30. The quantitative estimate of drug-likeness (QED) is 0.632. The average molecular weight is 228 g/mol. The number of hydrogen-bond acceptors (Lipinski definition) is 3. The number of allylic oxidation sites excluding steroid dienone is 6. The molecule has 3 aliphatic carbocycles. The Morgan fingerprint density at radius 1 is 0.882 bits per heavy atom. The van der Waals surface area contributed by atoms with E-state index in [0.29, 0.717) is 12.8 Å². The topological polar surface area (TPSA) is 51.2 Å². The molecule has 0 aromatic carbocycles.